The van der Waals surface area contributed by atoms with E-state index in [9.17, 15) is 0 Å². The van der Waals surface area contributed by atoms with Gasteiger partial charge in [0.25, 0.3) is 0 Å². The van der Waals surface area contributed by atoms with Gasteiger partial charge < -0.3 is 20.1 Å². The van der Waals surface area contributed by atoms with Crippen LogP contribution in [0.3, 0.4) is 0 Å². The van der Waals surface area contributed by atoms with Crippen molar-refractivity contribution < 1.29 is 9.47 Å². The molecule has 24 heavy (non-hydrogen) atoms. The van der Waals surface area contributed by atoms with Crippen molar-refractivity contribution in [2.75, 3.05) is 33.4 Å². The summed E-state index contributed by atoms with van der Waals surface area (Å²) in [6, 6.07) is 6.37. The van der Waals surface area contributed by atoms with Gasteiger partial charge in [-0.2, -0.15) is 0 Å². The maximum absolute atomic E-state index is 5.64. The number of aliphatic imine (C=N–C) groups is 1. The van der Waals surface area contributed by atoms with E-state index in [0.717, 1.165) is 50.8 Å². The molecule has 0 aromatic heterocycles. The largest absolute Gasteiger partial charge is 0.496 e. The van der Waals surface area contributed by atoms with Gasteiger partial charge in [-0.1, -0.05) is 12.1 Å². The average Bonchev–Trinajstić information content (AvgIpc) is 3.09. The van der Waals surface area contributed by atoms with E-state index in [4.69, 9.17) is 9.47 Å². The van der Waals surface area contributed by atoms with Crippen LogP contribution in [0.25, 0.3) is 0 Å². The molecule has 2 rings (SSSR count). The lowest BCUT2D eigenvalue weighted by atomic mass is 10.1. The normalized spacial score (nSPS) is 17.8. The number of hydrogen-bond acceptors (Lipinski definition) is 3. The lowest BCUT2D eigenvalue weighted by molar-refractivity contribution is 0.106. The van der Waals surface area contributed by atoms with Crippen LogP contribution in [0.15, 0.2) is 23.2 Å². The second-order valence-electron chi connectivity index (χ2n) is 6.17. The highest BCUT2D eigenvalue weighted by molar-refractivity contribution is 5.79. The Labute approximate surface area is 145 Å². The molecule has 1 aliphatic heterocycles. The van der Waals surface area contributed by atoms with Gasteiger partial charge in [0.05, 0.1) is 13.2 Å². The summed E-state index contributed by atoms with van der Waals surface area (Å²) in [6.45, 7) is 7.57. The first-order chi connectivity index (χ1) is 11.7. The summed E-state index contributed by atoms with van der Waals surface area (Å²) in [5.41, 5.74) is 2.43. The highest BCUT2D eigenvalue weighted by Crippen LogP contribution is 2.19. The fourth-order valence-corrected chi connectivity index (χ4v) is 2.88. The van der Waals surface area contributed by atoms with Crippen LogP contribution in [0.1, 0.15) is 37.3 Å². The summed E-state index contributed by atoms with van der Waals surface area (Å²) < 4.78 is 11.0. The van der Waals surface area contributed by atoms with Gasteiger partial charge in [-0.05, 0) is 56.7 Å². The Morgan fingerprint density at radius 3 is 2.96 bits per heavy atom. The Bertz CT molecular complexity index is 525. The third-order valence-corrected chi connectivity index (χ3v) is 4.27. The summed E-state index contributed by atoms with van der Waals surface area (Å²) in [7, 11) is 1.72. The third-order valence-electron chi connectivity index (χ3n) is 4.27. The van der Waals surface area contributed by atoms with E-state index in [2.05, 4.69) is 47.7 Å². The summed E-state index contributed by atoms with van der Waals surface area (Å²) in [4.78, 5) is 4.65. The van der Waals surface area contributed by atoms with Crippen LogP contribution in [-0.2, 0) is 11.2 Å². The average molecular weight is 333 g/mol. The zero-order chi connectivity index (χ0) is 17.2. The molecule has 1 aromatic rings. The van der Waals surface area contributed by atoms with Crippen molar-refractivity contribution in [1.82, 2.24) is 10.6 Å². The van der Waals surface area contributed by atoms with E-state index in [1.54, 1.807) is 7.11 Å². The third kappa shape index (κ3) is 6.04. The van der Waals surface area contributed by atoms with Gasteiger partial charge in [0, 0.05) is 26.2 Å². The number of nitrogens with zero attached hydrogens (tertiary/aromatic N) is 1. The molecule has 1 heterocycles. The Hall–Kier alpha value is -1.75. The maximum atomic E-state index is 5.64. The minimum atomic E-state index is 0.400. The molecule has 0 radical (unpaired) electrons. The molecular weight excluding hydrogens is 302 g/mol. The zero-order valence-corrected chi connectivity index (χ0v) is 15.2. The van der Waals surface area contributed by atoms with Crippen LogP contribution in [0.5, 0.6) is 5.75 Å². The molecule has 1 unspecified atom stereocenters. The monoisotopic (exact) mass is 333 g/mol. The topological polar surface area (TPSA) is 54.9 Å². The van der Waals surface area contributed by atoms with E-state index in [-0.39, 0.29) is 0 Å². The molecular formula is C19H31N3O2. The van der Waals surface area contributed by atoms with Crippen molar-refractivity contribution in [3.05, 3.63) is 29.3 Å². The lowest BCUT2D eigenvalue weighted by Gasteiger charge is -2.13. The van der Waals surface area contributed by atoms with Gasteiger partial charge in [0.15, 0.2) is 5.96 Å². The molecule has 0 aliphatic carbocycles. The summed E-state index contributed by atoms with van der Waals surface area (Å²) in [6.07, 6.45) is 4.71. The molecule has 134 valence electrons. The maximum Gasteiger partial charge on any atom is 0.191 e. The number of guanidine groups is 1. The van der Waals surface area contributed by atoms with Crippen LogP contribution in [0.2, 0.25) is 0 Å². The molecule has 1 aromatic carbocycles. The van der Waals surface area contributed by atoms with Gasteiger partial charge in [0.2, 0.25) is 0 Å². The first-order valence-electron chi connectivity index (χ1n) is 9.00. The van der Waals surface area contributed by atoms with E-state index in [1.807, 2.05) is 0 Å². The molecule has 0 saturated carbocycles. The molecule has 0 spiro atoms. The Morgan fingerprint density at radius 2 is 2.25 bits per heavy atom. The number of aryl methyl sites for hydroxylation is 1. The standard InChI is InChI=1S/C19H31N3O2/c1-4-20-19(22-12-10-17-6-5-13-24-17)21-11-9-16-8-7-15(2)18(14-16)23-3/h7-8,14,17H,4-6,9-13H2,1-3H3,(H2,20,21,22). The van der Waals surface area contributed by atoms with Crippen LogP contribution in [0, 0.1) is 6.92 Å². The van der Waals surface area contributed by atoms with Crippen molar-refractivity contribution in [3.8, 4) is 5.75 Å². The van der Waals surface area contributed by atoms with Gasteiger partial charge in [-0.15, -0.1) is 0 Å². The minimum absolute atomic E-state index is 0.400. The van der Waals surface area contributed by atoms with Crippen molar-refractivity contribution in [1.29, 1.82) is 0 Å². The van der Waals surface area contributed by atoms with Crippen LogP contribution in [-0.4, -0.2) is 45.4 Å². The van der Waals surface area contributed by atoms with Gasteiger partial charge in [-0.25, -0.2) is 0 Å². The smallest absolute Gasteiger partial charge is 0.191 e. The van der Waals surface area contributed by atoms with Crippen molar-refractivity contribution in [3.63, 3.8) is 0 Å². The fourth-order valence-electron chi connectivity index (χ4n) is 2.88. The number of nitrogens with one attached hydrogen (secondary N) is 2. The predicted molar refractivity (Wildman–Crippen MR) is 99.0 cm³/mol. The van der Waals surface area contributed by atoms with Gasteiger partial charge in [0.1, 0.15) is 5.75 Å². The molecule has 0 amide bonds. The summed E-state index contributed by atoms with van der Waals surface area (Å²) >= 11 is 0. The van der Waals surface area contributed by atoms with Crippen molar-refractivity contribution in [2.45, 2.75) is 45.6 Å². The first kappa shape index (κ1) is 18.6. The molecule has 1 aliphatic rings. The van der Waals surface area contributed by atoms with Crippen LogP contribution >= 0.6 is 0 Å². The van der Waals surface area contributed by atoms with E-state index >= 15 is 0 Å². The second-order valence-corrected chi connectivity index (χ2v) is 6.17. The molecule has 1 saturated heterocycles. The summed E-state index contributed by atoms with van der Waals surface area (Å²) in [5, 5.41) is 6.70. The first-order valence-corrected chi connectivity index (χ1v) is 9.00. The fraction of sp³-hybridized carbons (Fsp3) is 0.632. The quantitative estimate of drug-likeness (QED) is 0.567. The number of methoxy groups -OCH3 is 1. The van der Waals surface area contributed by atoms with E-state index in [0.29, 0.717) is 6.10 Å². The molecule has 1 fully saturated rings. The molecule has 5 nitrogen and oxygen atoms in total. The number of benzene rings is 1. The van der Waals surface area contributed by atoms with Gasteiger partial charge in [-0.3, -0.25) is 4.99 Å². The number of rotatable bonds is 8. The highest BCUT2D eigenvalue weighted by Gasteiger charge is 2.14. The zero-order valence-electron chi connectivity index (χ0n) is 15.2. The molecule has 5 heteroatoms. The highest BCUT2D eigenvalue weighted by atomic mass is 16.5. The number of hydrogen-bond donors (Lipinski definition) is 2. The second kappa shape index (κ2) is 10.2. The van der Waals surface area contributed by atoms with Gasteiger partial charge >= 0.3 is 0 Å². The lowest BCUT2D eigenvalue weighted by Crippen LogP contribution is -2.38. The summed E-state index contributed by atoms with van der Waals surface area (Å²) in [5.74, 6) is 1.83. The SMILES string of the molecule is CCNC(=NCCC1CCCO1)NCCc1ccc(C)c(OC)c1. The van der Waals surface area contributed by atoms with Crippen LogP contribution in [0.4, 0.5) is 0 Å². The van der Waals surface area contributed by atoms with Crippen LogP contribution < -0.4 is 15.4 Å². The Morgan fingerprint density at radius 1 is 1.38 bits per heavy atom. The minimum Gasteiger partial charge on any atom is -0.496 e. The van der Waals surface area contributed by atoms with E-state index in [1.165, 1.54) is 24.0 Å². The molecule has 0 bridgehead atoms. The predicted octanol–water partition coefficient (Wildman–Crippen LogP) is 2.67. The Kier molecular flexibility index (Phi) is 7.89. The number of ether oxygens (including phenoxy) is 2. The Balaban J connectivity index is 1.77. The van der Waals surface area contributed by atoms with Crippen molar-refractivity contribution >= 4 is 5.96 Å². The molecule has 1 atom stereocenters. The van der Waals surface area contributed by atoms with Crippen molar-refractivity contribution in [2.24, 2.45) is 4.99 Å². The molecule has 2 N–H and O–H groups in total. The van der Waals surface area contributed by atoms with E-state index < -0.39 is 0 Å².